The zero-order chi connectivity index (χ0) is 13.1. The van der Waals surface area contributed by atoms with Gasteiger partial charge in [-0.05, 0) is 18.6 Å². The van der Waals surface area contributed by atoms with E-state index in [4.69, 9.17) is 16.3 Å². The van der Waals surface area contributed by atoms with Gasteiger partial charge in [0.2, 0.25) is 0 Å². The summed E-state index contributed by atoms with van der Waals surface area (Å²) in [7, 11) is 3.60. The van der Waals surface area contributed by atoms with Gasteiger partial charge >= 0.3 is 0 Å². The number of ether oxygens (including phenoxy) is 1. The van der Waals surface area contributed by atoms with Gasteiger partial charge in [0.15, 0.2) is 0 Å². The number of imidazole rings is 1. The van der Waals surface area contributed by atoms with Gasteiger partial charge in [-0.3, -0.25) is 0 Å². The van der Waals surface area contributed by atoms with E-state index in [1.54, 1.807) is 13.3 Å². The lowest BCUT2D eigenvalue weighted by atomic mass is 10.2. The number of methoxy groups -OCH3 is 1. The molecule has 1 N–H and O–H groups in total. The van der Waals surface area contributed by atoms with E-state index in [0.29, 0.717) is 11.6 Å². The average Bonchev–Trinajstić information content (AvgIpc) is 2.76. The summed E-state index contributed by atoms with van der Waals surface area (Å²) in [5.41, 5.74) is 1.93. The monoisotopic (exact) mass is 265 g/mol. The van der Waals surface area contributed by atoms with Crippen molar-refractivity contribution in [3.05, 3.63) is 40.9 Å². The summed E-state index contributed by atoms with van der Waals surface area (Å²) in [4.78, 5) is 4.26. The second-order valence-electron chi connectivity index (χ2n) is 4.11. The van der Waals surface area contributed by atoms with Crippen LogP contribution in [0.15, 0.2) is 24.5 Å². The fourth-order valence-corrected chi connectivity index (χ4v) is 1.87. The predicted octanol–water partition coefficient (Wildman–Crippen LogP) is 3.00. The molecule has 0 bridgehead atoms. The van der Waals surface area contributed by atoms with Crippen molar-refractivity contribution >= 4 is 17.3 Å². The Labute approximate surface area is 112 Å². The molecule has 18 heavy (non-hydrogen) atoms. The van der Waals surface area contributed by atoms with Gasteiger partial charge in [-0.15, -0.1) is 0 Å². The molecule has 1 heterocycles. The van der Waals surface area contributed by atoms with Crippen LogP contribution in [0.2, 0.25) is 5.02 Å². The lowest BCUT2D eigenvalue weighted by Gasteiger charge is -2.13. The molecule has 4 nitrogen and oxygen atoms in total. The topological polar surface area (TPSA) is 39.1 Å². The number of hydrogen-bond acceptors (Lipinski definition) is 3. The maximum atomic E-state index is 6.07. The van der Waals surface area contributed by atoms with Gasteiger partial charge in [-0.2, -0.15) is 0 Å². The molecule has 0 radical (unpaired) electrons. The fourth-order valence-electron chi connectivity index (χ4n) is 1.71. The standard InChI is InChI=1S/C13H16ClN3O/c1-9-6-11(12(18-3)7-10(9)14)16-8-13-15-4-5-17(13)2/h4-7,16H,8H2,1-3H3. The van der Waals surface area contributed by atoms with Crippen LogP contribution in [-0.4, -0.2) is 16.7 Å². The third kappa shape index (κ3) is 2.59. The molecule has 96 valence electrons. The number of anilines is 1. The molecule has 2 aromatic rings. The third-order valence-electron chi connectivity index (χ3n) is 2.84. The highest BCUT2D eigenvalue weighted by Crippen LogP contribution is 2.31. The first kappa shape index (κ1) is 12.8. The minimum atomic E-state index is 0.640. The van der Waals surface area contributed by atoms with E-state index < -0.39 is 0 Å². The molecular formula is C13H16ClN3O. The van der Waals surface area contributed by atoms with Gasteiger partial charge in [-0.1, -0.05) is 11.6 Å². The summed E-state index contributed by atoms with van der Waals surface area (Å²) in [6.07, 6.45) is 3.70. The van der Waals surface area contributed by atoms with Crippen molar-refractivity contribution in [3.8, 4) is 5.75 Å². The molecule has 0 fully saturated rings. The van der Waals surface area contributed by atoms with Crippen LogP contribution in [-0.2, 0) is 13.6 Å². The Hall–Kier alpha value is -1.68. The largest absolute Gasteiger partial charge is 0.495 e. The van der Waals surface area contributed by atoms with Gasteiger partial charge in [0, 0.05) is 30.5 Å². The lowest BCUT2D eigenvalue weighted by Crippen LogP contribution is -2.06. The zero-order valence-electron chi connectivity index (χ0n) is 10.7. The molecular weight excluding hydrogens is 250 g/mol. The Balaban J connectivity index is 2.18. The number of rotatable bonds is 4. The van der Waals surface area contributed by atoms with E-state index in [2.05, 4.69) is 10.3 Å². The van der Waals surface area contributed by atoms with Crippen molar-refractivity contribution < 1.29 is 4.74 Å². The van der Waals surface area contributed by atoms with E-state index in [0.717, 1.165) is 22.8 Å². The summed E-state index contributed by atoms with van der Waals surface area (Å²) in [5.74, 6) is 1.70. The molecule has 2 rings (SSSR count). The van der Waals surface area contributed by atoms with Crippen molar-refractivity contribution in [2.45, 2.75) is 13.5 Å². The predicted molar refractivity (Wildman–Crippen MR) is 73.3 cm³/mol. The van der Waals surface area contributed by atoms with Crippen LogP contribution in [0.4, 0.5) is 5.69 Å². The Bertz CT molecular complexity index is 551. The van der Waals surface area contributed by atoms with Gasteiger partial charge < -0.3 is 14.6 Å². The van der Waals surface area contributed by atoms with Crippen LogP contribution in [0.25, 0.3) is 0 Å². The first-order chi connectivity index (χ1) is 8.61. The quantitative estimate of drug-likeness (QED) is 0.924. The first-order valence-electron chi connectivity index (χ1n) is 5.66. The van der Waals surface area contributed by atoms with Crippen LogP contribution >= 0.6 is 11.6 Å². The summed E-state index contributed by atoms with van der Waals surface area (Å²) < 4.78 is 7.28. The van der Waals surface area contributed by atoms with Gasteiger partial charge in [0.25, 0.3) is 0 Å². The smallest absolute Gasteiger partial charge is 0.143 e. The van der Waals surface area contributed by atoms with E-state index >= 15 is 0 Å². The number of hydrogen-bond donors (Lipinski definition) is 1. The molecule has 0 amide bonds. The molecule has 0 aliphatic rings. The Kier molecular flexibility index (Phi) is 3.77. The van der Waals surface area contributed by atoms with Crippen molar-refractivity contribution in [2.24, 2.45) is 7.05 Å². The van der Waals surface area contributed by atoms with Crippen LogP contribution in [0, 0.1) is 6.92 Å². The first-order valence-corrected chi connectivity index (χ1v) is 6.04. The molecule has 0 saturated heterocycles. The number of aryl methyl sites for hydroxylation is 2. The average molecular weight is 266 g/mol. The lowest BCUT2D eigenvalue weighted by molar-refractivity contribution is 0.416. The summed E-state index contributed by atoms with van der Waals surface area (Å²) in [6.45, 7) is 2.61. The molecule has 0 aliphatic carbocycles. The maximum Gasteiger partial charge on any atom is 0.143 e. The van der Waals surface area contributed by atoms with Crippen LogP contribution < -0.4 is 10.1 Å². The van der Waals surface area contributed by atoms with Gasteiger partial charge in [0.05, 0.1) is 19.3 Å². The van der Waals surface area contributed by atoms with Gasteiger partial charge in [-0.25, -0.2) is 4.98 Å². The van der Waals surface area contributed by atoms with Crippen LogP contribution in [0.1, 0.15) is 11.4 Å². The Morgan fingerprint density at radius 1 is 1.44 bits per heavy atom. The normalized spacial score (nSPS) is 10.4. The maximum absolute atomic E-state index is 6.07. The molecule has 1 aromatic heterocycles. The van der Waals surface area contributed by atoms with Crippen molar-refractivity contribution in [1.29, 1.82) is 0 Å². The highest BCUT2D eigenvalue weighted by Gasteiger charge is 2.07. The minimum Gasteiger partial charge on any atom is -0.495 e. The second-order valence-corrected chi connectivity index (χ2v) is 4.52. The molecule has 5 heteroatoms. The zero-order valence-corrected chi connectivity index (χ0v) is 11.5. The summed E-state index contributed by atoms with van der Waals surface area (Å²) >= 11 is 6.07. The Morgan fingerprint density at radius 3 is 2.83 bits per heavy atom. The number of halogens is 1. The van der Waals surface area contributed by atoms with Crippen molar-refractivity contribution in [2.75, 3.05) is 12.4 Å². The van der Waals surface area contributed by atoms with E-state index in [1.807, 2.05) is 36.9 Å². The van der Waals surface area contributed by atoms with Crippen molar-refractivity contribution in [3.63, 3.8) is 0 Å². The molecule has 0 saturated carbocycles. The van der Waals surface area contributed by atoms with Crippen molar-refractivity contribution in [1.82, 2.24) is 9.55 Å². The fraction of sp³-hybridized carbons (Fsp3) is 0.308. The number of nitrogens with one attached hydrogen (secondary N) is 1. The number of benzene rings is 1. The summed E-state index contributed by atoms with van der Waals surface area (Å²) in [5, 5.41) is 4.01. The van der Waals surface area contributed by atoms with E-state index in [-0.39, 0.29) is 0 Å². The Morgan fingerprint density at radius 2 is 2.22 bits per heavy atom. The third-order valence-corrected chi connectivity index (χ3v) is 3.25. The molecule has 0 spiro atoms. The highest BCUT2D eigenvalue weighted by molar-refractivity contribution is 6.31. The van der Waals surface area contributed by atoms with Crippen LogP contribution in [0.3, 0.4) is 0 Å². The van der Waals surface area contributed by atoms with Gasteiger partial charge in [0.1, 0.15) is 11.6 Å². The van der Waals surface area contributed by atoms with Crippen LogP contribution in [0.5, 0.6) is 5.75 Å². The molecule has 0 unspecified atom stereocenters. The van der Waals surface area contributed by atoms with E-state index in [1.165, 1.54) is 0 Å². The van der Waals surface area contributed by atoms with E-state index in [9.17, 15) is 0 Å². The molecule has 0 aliphatic heterocycles. The highest BCUT2D eigenvalue weighted by atomic mass is 35.5. The minimum absolute atomic E-state index is 0.640. The number of nitrogens with zero attached hydrogens (tertiary/aromatic N) is 2. The molecule has 0 atom stereocenters. The molecule has 1 aromatic carbocycles. The second kappa shape index (κ2) is 5.31. The number of aromatic nitrogens is 2. The SMILES string of the molecule is COc1cc(Cl)c(C)cc1NCc1nccn1C. The summed E-state index contributed by atoms with van der Waals surface area (Å²) in [6, 6.07) is 3.79.